The van der Waals surface area contributed by atoms with E-state index in [-0.39, 0.29) is 5.91 Å². The molecule has 1 amide bonds. The minimum absolute atomic E-state index is 0.170. The molecule has 0 radical (unpaired) electrons. The average Bonchev–Trinajstić information content (AvgIpc) is 3.42. The Morgan fingerprint density at radius 1 is 1.20 bits per heavy atom. The number of amides is 1. The summed E-state index contributed by atoms with van der Waals surface area (Å²) in [7, 11) is 0. The highest BCUT2D eigenvalue weighted by Gasteiger charge is 2.27. The van der Waals surface area contributed by atoms with Crippen molar-refractivity contribution < 1.29 is 13.7 Å². The number of furan rings is 1. The van der Waals surface area contributed by atoms with Gasteiger partial charge in [-0.1, -0.05) is 18.0 Å². The molecule has 7 heteroatoms. The number of aromatic nitrogens is 2. The second-order valence-electron chi connectivity index (χ2n) is 6.84. The lowest BCUT2D eigenvalue weighted by Crippen LogP contribution is -2.51. The number of piperazine rings is 1. The molecule has 4 rings (SSSR count). The van der Waals surface area contributed by atoms with Crippen molar-refractivity contribution in [2.45, 2.75) is 44.6 Å². The molecule has 1 aliphatic carbocycles. The first-order valence-corrected chi connectivity index (χ1v) is 9.18. The van der Waals surface area contributed by atoms with Gasteiger partial charge >= 0.3 is 0 Å². The SMILES string of the molecule is O=C(CCc1nc(-c2ccco2)no1)N1CCN(C2CCCC2)CC1. The van der Waals surface area contributed by atoms with Crippen LogP contribution in [0.3, 0.4) is 0 Å². The van der Waals surface area contributed by atoms with Crippen molar-refractivity contribution in [2.75, 3.05) is 26.2 Å². The Kier molecular flexibility index (Phi) is 4.83. The van der Waals surface area contributed by atoms with Crippen molar-refractivity contribution in [1.82, 2.24) is 19.9 Å². The van der Waals surface area contributed by atoms with Crippen molar-refractivity contribution >= 4 is 5.91 Å². The van der Waals surface area contributed by atoms with E-state index in [1.165, 1.54) is 25.7 Å². The van der Waals surface area contributed by atoms with Crippen molar-refractivity contribution in [1.29, 1.82) is 0 Å². The number of rotatable bonds is 5. The van der Waals surface area contributed by atoms with Gasteiger partial charge in [-0.2, -0.15) is 4.98 Å². The molecule has 3 heterocycles. The molecule has 7 nitrogen and oxygen atoms in total. The van der Waals surface area contributed by atoms with Crippen molar-refractivity contribution in [3.05, 3.63) is 24.3 Å². The van der Waals surface area contributed by atoms with E-state index < -0.39 is 0 Å². The molecule has 25 heavy (non-hydrogen) atoms. The van der Waals surface area contributed by atoms with E-state index in [9.17, 15) is 4.79 Å². The van der Waals surface area contributed by atoms with Gasteiger partial charge in [0.2, 0.25) is 17.6 Å². The van der Waals surface area contributed by atoms with Crippen LogP contribution in [0.5, 0.6) is 0 Å². The summed E-state index contributed by atoms with van der Waals surface area (Å²) in [4.78, 5) is 21.2. The quantitative estimate of drug-likeness (QED) is 0.829. The van der Waals surface area contributed by atoms with Crippen molar-refractivity contribution in [2.24, 2.45) is 0 Å². The molecule has 2 aliphatic rings. The average molecular weight is 344 g/mol. The molecular formula is C18H24N4O3. The summed E-state index contributed by atoms with van der Waals surface area (Å²) in [5, 5.41) is 3.89. The first-order valence-electron chi connectivity index (χ1n) is 9.18. The smallest absolute Gasteiger partial charge is 0.238 e. The zero-order valence-electron chi connectivity index (χ0n) is 14.4. The molecule has 1 aliphatic heterocycles. The summed E-state index contributed by atoms with van der Waals surface area (Å²) in [5.74, 6) is 1.65. The van der Waals surface area contributed by atoms with E-state index in [1.807, 2.05) is 4.90 Å². The summed E-state index contributed by atoms with van der Waals surface area (Å²) in [5.41, 5.74) is 0. The molecule has 0 aromatic carbocycles. The summed E-state index contributed by atoms with van der Waals surface area (Å²) in [6, 6.07) is 4.31. The molecule has 1 saturated heterocycles. The highest BCUT2D eigenvalue weighted by atomic mass is 16.5. The Morgan fingerprint density at radius 3 is 2.72 bits per heavy atom. The fraction of sp³-hybridized carbons (Fsp3) is 0.611. The van der Waals surface area contributed by atoms with Gasteiger partial charge in [0.25, 0.3) is 0 Å². The van der Waals surface area contributed by atoms with Gasteiger partial charge in [0.15, 0.2) is 5.76 Å². The summed E-state index contributed by atoms with van der Waals surface area (Å²) >= 11 is 0. The Morgan fingerprint density at radius 2 is 2.00 bits per heavy atom. The lowest BCUT2D eigenvalue weighted by molar-refractivity contribution is -0.133. The van der Waals surface area contributed by atoms with Gasteiger partial charge in [-0.3, -0.25) is 9.69 Å². The zero-order valence-corrected chi connectivity index (χ0v) is 14.4. The van der Waals surface area contributed by atoms with Gasteiger partial charge in [-0.15, -0.1) is 0 Å². The van der Waals surface area contributed by atoms with Gasteiger partial charge in [0.1, 0.15) is 0 Å². The minimum atomic E-state index is 0.170. The Balaban J connectivity index is 1.24. The fourth-order valence-corrected chi connectivity index (χ4v) is 3.84. The maximum atomic E-state index is 12.4. The first-order chi connectivity index (χ1) is 12.3. The zero-order chi connectivity index (χ0) is 17.1. The van der Waals surface area contributed by atoms with Gasteiger partial charge < -0.3 is 13.8 Å². The van der Waals surface area contributed by atoms with E-state index in [0.29, 0.717) is 30.3 Å². The molecule has 0 unspecified atom stereocenters. The molecular weight excluding hydrogens is 320 g/mol. The van der Waals surface area contributed by atoms with E-state index in [0.717, 1.165) is 32.2 Å². The number of carbonyl (C=O) groups is 1. The molecule has 1 saturated carbocycles. The number of aryl methyl sites for hydroxylation is 1. The van der Waals surface area contributed by atoms with Crippen LogP contribution in [0, 0.1) is 0 Å². The standard InChI is InChI=1S/C18H24N4O3/c23-17(22-11-9-21(10-12-22)14-4-1-2-5-14)8-7-16-19-18(20-25-16)15-6-3-13-24-15/h3,6,13-14H,1-2,4-5,7-12H2. The topological polar surface area (TPSA) is 75.6 Å². The Hall–Kier alpha value is -2.15. The van der Waals surface area contributed by atoms with E-state index >= 15 is 0 Å². The normalized spacial score (nSPS) is 19.6. The van der Waals surface area contributed by atoms with E-state index in [1.54, 1.807) is 18.4 Å². The van der Waals surface area contributed by atoms with Crippen LogP contribution in [0.4, 0.5) is 0 Å². The van der Waals surface area contributed by atoms with Crippen molar-refractivity contribution in [3.63, 3.8) is 0 Å². The predicted octanol–water partition coefficient (Wildman–Crippen LogP) is 2.35. The Labute approximate surface area is 147 Å². The number of hydrogen-bond acceptors (Lipinski definition) is 6. The molecule has 2 fully saturated rings. The molecule has 0 atom stereocenters. The van der Waals surface area contributed by atoms with Crippen LogP contribution in [0.1, 0.15) is 38.0 Å². The second kappa shape index (κ2) is 7.39. The highest BCUT2D eigenvalue weighted by Crippen LogP contribution is 2.24. The van der Waals surface area contributed by atoms with Crippen LogP contribution in [-0.2, 0) is 11.2 Å². The van der Waals surface area contributed by atoms with Gasteiger partial charge in [0.05, 0.1) is 6.26 Å². The molecule has 0 spiro atoms. The van der Waals surface area contributed by atoms with E-state index in [4.69, 9.17) is 8.94 Å². The summed E-state index contributed by atoms with van der Waals surface area (Å²) < 4.78 is 10.5. The maximum Gasteiger partial charge on any atom is 0.238 e. The number of nitrogens with zero attached hydrogens (tertiary/aromatic N) is 4. The largest absolute Gasteiger partial charge is 0.461 e. The number of hydrogen-bond donors (Lipinski definition) is 0. The third-order valence-electron chi connectivity index (χ3n) is 5.27. The van der Waals surface area contributed by atoms with Crippen LogP contribution < -0.4 is 0 Å². The molecule has 2 aromatic rings. The van der Waals surface area contributed by atoms with Gasteiger partial charge in [-0.25, -0.2) is 0 Å². The summed E-state index contributed by atoms with van der Waals surface area (Å²) in [6.07, 6.45) is 7.80. The van der Waals surface area contributed by atoms with E-state index in [2.05, 4.69) is 15.0 Å². The third kappa shape index (κ3) is 3.76. The fourth-order valence-electron chi connectivity index (χ4n) is 3.84. The maximum absolute atomic E-state index is 12.4. The Bertz CT molecular complexity index is 683. The molecule has 134 valence electrons. The number of carbonyl (C=O) groups excluding carboxylic acids is 1. The van der Waals surface area contributed by atoms with Crippen LogP contribution in [0.15, 0.2) is 27.3 Å². The third-order valence-corrected chi connectivity index (χ3v) is 5.27. The van der Waals surface area contributed by atoms with Crippen LogP contribution in [0.25, 0.3) is 11.6 Å². The lowest BCUT2D eigenvalue weighted by atomic mass is 10.1. The second-order valence-corrected chi connectivity index (χ2v) is 6.84. The predicted molar refractivity (Wildman–Crippen MR) is 90.7 cm³/mol. The monoisotopic (exact) mass is 344 g/mol. The van der Waals surface area contributed by atoms with Crippen LogP contribution in [0.2, 0.25) is 0 Å². The van der Waals surface area contributed by atoms with Crippen LogP contribution in [-0.4, -0.2) is 58.1 Å². The highest BCUT2D eigenvalue weighted by molar-refractivity contribution is 5.76. The van der Waals surface area contributed by atoms with Gasteiger partial charge in [-0.05, 0) is 25.0 Å². The summed E-state index contributed by atoms with van der Waals surface area (Å²) in [6.45, 7) is 3.66. The molecule has 0 bridgehead atoms. The minimum Gasteiger partial charge on any atom is -0.461 e. The first kappa shape index (κ1) is 16.3. The van der Waals surface area contributed by atoms with Crippen molar-refractivity contribution in [3.8, 4) is 11.6 Å². The molecule has 0 N–H and O–H groups in total. The lowest BCUT2D eigenvalue weighted by Gasteiger charge is -2.38. The molecule has 2 aromatic heterocycles. The van der Waals surface area contributed by atoms with Gasteiger partial charge in [0, 0.05) is 45.1 Å². The van der Waals surface area contributed by atoms with Crippen LogP contribution >= 0.6 is 0 Å².